The molecule has 0 spiro atoms. The van der Waals surface area contributed by atoms with Gasteiger partial charge in [-0.3, -0.25) is 47.9 Å². The number of unbranched alkanes of at least 4 members (excludes halogenated alkanes) is 1. The zero-order chi connectivity index (χ0) is 56.6. The largest absolute Gasteiger partial charge is 0.354 e. The monoisotopic (exact) mass is 1070 g/mol. The predicted molar refractivity (Wildman–Crippen MR) is 288 cm³/mol. The highest BCUT2D eigenvalue weighted by Crippen LogP contribution is 2.28. The Morgan fingerprint density at radius 3 is 1.45 bits per heavy atom. The number of carbonyl (C=O) groups excluding carboxylic acids is 10. The molecule has 0 radical (unpaired) electrons. The zero-order valence-electron chi connectivity index (χ0n) is 46.3. The van der Waals surface area contributed by atoms with E-state index in [1.807, 2.05) is 0 Å². The first-order valence-corrected chi connectivity index (χ1v) is 27.5. The minimum Gasteiger partial charge on any atom is -0.354 e. The molecule has 2 saturated heterocycles. The van der Waals surface area contributed by atoms with Crippen molar-refractivity contribution in [1.29, 1.82) is 0 Å². The van der Waals surface area contributed by atoms with E-state index in [1.165, 1.54) is 6.42 Å². The van der Waals surface area contributed by atoms with Crippen LogP contribution in [0.2, 0.25) is 0 Å². The maximum Gasteiger partial charge on any atom is 0.247 e. The molecule has 1 aliphatic carbocycles. The van der Waals surface area contributed by atoms with Gasteiger partial charge in [0, 0.05) is 24.9 Å². The lowest BCUT2D eigenvalue weighted by Gasteiger charge is -2.34. The van der Waals surface area contributed by atoms with Gasteiger partial charge in [-0.15, -0.1) is 0 Å². The molecule has 3 fully saturated rings. The summed E-state index contributed by atoms with van der Waals surface area (Å²) < 4.78 is 0. The van der Waals surface area contributed by atoms with Crippen LogP contribution >= 0.6 is 0 Å². The van der Waals surface area contributed by atoms with Gasteiger partial charge in [-0.25, -0.2) is 0 Å². The molecule has 426 valence electrons. The van der Waals surface area contributed by atoms with Gasteiger partial charge in [0.25, 0.3) is 0 Å². The van der Waals surface area contributed by atoms with Crippen LogP contribution in [-0.2, 0) is 47.9 Å². The van der Waals surface area contributed by atoms with E-state index in [4.69, 9.17) is 11.5 Å². The standard InChI is InChI=1S/C27H42N6O5.C27H48N6O5/c1-5-19-23(35)32-21(18-11-7-6-8-12-18)25(37)29-16-14-27(4,33-22(34)17(2)3)26(38)31-20(24(36)30-19)13-9-10-15-28;1-5-19-24(36)31-21(16-18-10-7-6-8-11-18)23(35)29-15-13-27(4,33-22(34)17(2)3)26(38)32-20(12-9-14-28)25(37)30-19/h6-8,11-12,17,19-21H,5,9-10,13-16,28H2,1-4H3,(H,29,37)(H,30,36)(H,31,38)(H,32,35)(H,33,34);17-21H,5-16,28H2,1-4H3,(H,29,35)(H,30,37)(H,31,36)(H,32,38)(H,33,34)/t2*19-,20-,21+,27+/m00/s1. The van der Waals surface area contributed by atoms with Crippen molar-refractivity contribution in [2.24, 2.45) is 29.2 Å². The number of hydrogen-bond donors (Lipinski definition) is 12. The van der Waals surface area contributed by atoms with E-state index in [-0.39, 0.29) is 68.3 Å². The Labute approximate surface area is 449 Å². The quantitative estimate of drug-likeness (QED) is 0.103. The highest BCUT2D eigenvalue weighted by molar-refractivity contribution is 5.99. The van der Waals surface area contributed by atoms with Crippen molar-refractivity contribution >= 4 is 59.1 Å². The molecule has 3 aliphatic rings. The van der Waals surface area contributed by atoms with Crippen molar-refractivity contribution in [3.05, 3.63) is 35.9 Å². The van der Waals surface area contributed by atoms with Crippen LogP contribution in [-0.4, -0.2) is 127 Å². The first kappa shape index (κ1) is 64.1. The minimum absolute atomic E-state index is 0.0432. The minimum atomic E-state index is -1.40. The van der Waals surface area contributed by atoms with E-state index >= 15 is 0 Å². The van der Waals surface area contributed by atoms with E-state index in [0.29, 0.717) is 63.1 Å². The molecule has 1 aromatic carbocycles. The number of hydrogen-bond acceptors (Lipinski definition) is 12. The van der Waals surface area contributed by atoms with Gasteiger partial charge in [0.1, 0.15) is 47.3 Å². The first-order valence-electron chi connectivity index (χ1n) is 27.5. The maximum absolute atomic E-state index is 13.5. The highest BCUT2D eigenvalue weighted by Gasteiger charge is 2.41. The third-order valence-electron chi connectivity index (χ3n) is 14.3. The molecule has 22 nitrogen and oxygen atoms in total. The van der Waals surface area contributed by atoms with Crippen LogP contribution in [0.1, 0.15) is 163 Å². The van der Waals surface area contributed by atoms with Gasteiger partial charge in [-0.05, 0) is 103 Å². The number of nitrogens with two attached hydrogens (primary N) is 2. The Morgan fingerprint density at radius 2 is 0.987 bits per heavy atom. The molecule has 0 bridgehead atoms. The molecule has 0 aromatic heterocycles. The number of amides is 10. The van der Waals surface area contributed by atoms with E-state index in [9.17, 15) is 47.9 Å². The molecule has 8 atom stereocenters. The average Bonchev–Trinajstić information content (AvgIpc) is 3.39. The summed E-state index contributed by atoms with van der Waals surface area (Å²) in [6.45, 7) is 14.5. The van der Waals surface area contributed by atoms with Crippen LogP contribution < -0.4 is 64.6 Å². The molecule has 0 unspecified atom stereocenters. The molecular weight excluding hydrogens is 977 g/mol. The summed E-state index contributed by atoms with van der Waals surface area (Å²) in [6, 6.07) is 3.34. The number of benzene rings is 1. The Bertz CT molecular complexity index is 2120. The molecule has 4 rings (SSSR count). The predicted octanol–water partition coefficient (Wildman–Crippen LogP) is 1.01. The first-order chi connectivity index (χ1) is 36.0. The molecule has 10 amide bonds. The van der Waals surface area contributed by atoms with E-state index in [0.717, 1.165) is 25.7 Å². The van der Waals surface area contributed by atoms with Crippen LogP contribution in [0.5, 0.6) is 0 Å². The van der Waals surface area contributed by atoms with Gasteiger partial charge >= 0.3 is 0 Å². The average molecular weight is 1070 g/mol. The van der Waals surface area contributed by atoms with Crippen molar-refractivity contribution in [3.8, 4) is 0 Å². The van der Waals surface area contributed by atoms with Crippen LogP contribution in [0, 0.1) is 17.8 Å². The summed E-state index contributed by atoms with van der Waals surface area (Å²) in [5.41, 5.74) is 9.08. The molecule has 14 N–H and O–H groups in total. The van der Waals surface area contributed by atoms with Crippen LogP contribution in [0.3, 0.4) is 0 Å². The van der Waals surface area contributed by atoms with Gasteiger partial charge < -0.3 is 64.6 Å². The lowest BCUT2D eigenvalue weighted by Crippen LogP contribution is -2.63. The van der Waals surface area contributed by atoms with E-state index in [1.54, 1.807) is 85.7 Å². The molecule has 2 heterocycles. The van der Waals surface area contributed by atoms with Gasteiger partial charge in [-0.1, -0.05) is 104 Å². The number of carbonyl (C=O) groups is 10. The van der Waals surface area contributed by atoms with Crippen LogP contribution in [0.25, 0.3) is 0 Å². The summed E-state index contributed by atoms with van der Waals surface area (Å²) >= 11 is 0. The molecule has 76 heavy (non-hydrogen) atoms. The SMILES string of the molecule is CC[C@@H]1NC(=O)[C@H](CCCCN)NC(=O)[C@](C)(NC(=O)C(C)C)CCNC(=O)[C@@H](c2ccccc2)NC1=O.CC[C@@H]1NC(=O)[C@H](CCCN)NC(=O)[C@](C)(NC(=O)C(C)C)CCNC(=O)[C@@H](CC2CCCCC2)NC1=O. The third kappa shape index (κ3) is 20.1. The van der Waals surface area contributed by atoms with Crippen molar-refractivity contribution in [2.45, 2.75) is 199 Å². The van der Waals surface area contributed by atoms with Gasteiger partial charge in [0.2, 0.25) is 59.1 Å². The fourth-order valence-corrected chi connectivity index (χ4v) is 9.08. The molecule has 1 saturated carbocycles. The fraction of sp³-hybridized carbons (Fsp3) is 0.704. The molecule has 1 aromatic rings. The van der Waals surface area contributed by atoms with Crippen molar-refractivity contribution < 1.29 is 47.9 Å². The summed E-state index contributed by atoms with van der Waals surface area (Å²) in [4.78, 5) is 131. The lowest BCUT2D eigenvalue weighted by molar-refractivity contribution is -0.138. The topological polar surface area (TPSA) is 343 Å². The molecule has 2 aliphatic heterocycles. The van der Waals surface area contributed by atoms with E-state index < -0.39 is 88.7 Å². The Hall–Kier alpha value is -6.16. The summed E-state index contributed by atoms with van der Waals surface area (Å²) in [7, 11) is 0. The zero-order valence-corrected chi connectivity index (χ0v) is 46.3. The number of nitrogens with one attached hydrogen (secondary N) is 10. The van der Waals surface area contributed by atoms with Crippen molar-refractivity contribution in [3.63, 3.8) is 0 Å². The van der Waals surface area contributed by atoms with Gasteiger partial charge in [0.05, 0.1) is 0 Å². The third-order valence-corrected chi connectivity index (χ3v) is 14.3. The van der Waals surface area contributed by atoms with Crippen LogP contribution in [0.4, 0.5) is 0 Å². The Balaban J connectivity index is 0.000000400. The highest BCUT2D eigenvalue weighted by atomic mass is 16.2. The Morgan fingerprint density at radius 1 is 0.553 bits per heavy atom. The fourth-order valence-electron chi connectivity index (χ4n) is 9.08. The summed E-state index contributed by atoms with van der Waals surface area (Å²) in [5, 5.41) is 27.9. The molecular formula is C54H90N12O10. The van der Waals surface area contributed by atoms with Crippen molar-refractivity contribution in [1.82, 2.24) is 53.2 Å². The second kappa shape index (κ2) is 31.8. The van der Waals surface area contributed by atoms with Crippen LogP contribution in [0.15, 0.2) is 30.3 Å². The van der Waals surface area contributed by atoms with Gasteiger partial charge in [0.15, 0.2) is 0 Å². The lowest BCUT2D eigenvalue weighted by atomic mass is 9.84. The normalized spacial score (nSPS) is 27.0. The molecule has 22 heteroatoms. The van der Waals surface area contributed by atoms with Gasteiger partial charge in [-0.2, -0.15) is 0 Å². The smallest absolute Gasteiger partial charge is 0.247 e. The number of rotatable bonds is 16. The maximum atomic E-state index is 13.5. The van der Waals surface area contributed by atoms with Crippen molar-refractivity contribution in [2.75, 3.05) is 26.2 Å². The second-order valence-electron chi connectivity index (χ2n) is 21.4. The second-order valence-corrected chi connectivity index (χ2v) is 21.4. The summed E-state index contributed by atoms with van der Waals surface area (Å²) in [6.07, 6.45) is 8.99. The van der Waals surface area contributed by atoms with E-state index in [2.05, 4.69) is 53.2 Å². The summed E-state index contributed by atoms with van der Waals surface area (Å²) in [5.74, 6) is -4.91. The Kier molecular flexibility index (Phi) is 26.8.